The SMILES string of the molecule is O=C(CCNCc1ccccc1F)Nc1ccccc1. The Morgan fingerprint density at radius 3 is 2.45 bits per heavy atom. The second-order valence-corrected chi connectivity index (χ2v) is 4.43. The number of para-hydroxylation sites is 1. The van der Waals surface area contributed by atoms with E-state index in [0.717, 1.165) is 5.69 Å². The van der Waals surface area contributed by atoms with Crippen LogP contribution < -0.4 is 10.6 Å². The van der Waals surface area contributed by atoms with Crippen LogP contribution in [0, 0.1) is 5.82 Å². The fourth-order valence-electron chi connectivity index (χ4n) is 1.81. The molecule has 104 valence electrons. The van der Waals surface area contributed by atoms with Crippen molar-refractivity contribution in [2.75, 3.05) is 11.9 Å². The maximum atomic E-state index is 13.3. The molecule has 1 amide bonds. The highest BCUT2D eigenvalue weighted by atomic mass is 19.1. The summed E-state index contributed by atoms with van der Waals surface area (Å²) in [6.45, 7) is 0.929. The lowest BCUT2D eigenvalue weighted by molar-refractivity contribution is -0.116. The van der Waals surface area contributed by atoms with Gasteiger partial charge in [0.1, 0.15) is 5.82 Å². The highest BCUT2D eigenvalue weighted by molar-refractivity contribution is 5.90. The lowest BCUT2D eigenvalue weighted by Gasteiger charge is -2.07. The number of benzene rings is 2. The van der Waals surface area contributed by atoms with Crippen LogP contribution in [-0.4, -0.2) is 12.5 Å². The summed E-state index contributed by atoms with van der Waals surface area (Å²) in [6, 6.07) is 15.9. The molecule has 0 aliphatic rings. The molecule has 0 saturated heterocycles. The first kappa shape index (κ1) is 14.2. The van der Waals surface area contributed by atoms with Crippen molar-refractivity contribution < 1.29 is 9.18 Å². The number of halogens is 1. The van der Waals surface area contributed by atoms with Crippen molar-refractivity contribution in [3.05, 3.63) is 66.0 Å². The van der Waals surface area contributed by atoms with E-state index in [1.807, 2.05) is 30.3 Å². The fraction of sp³-hybridized carbons (Fsp3) is 0.188. The maximum Gasteiger partial charge on any atom is 0.225 e. The van der Waals surface area contributed by atoms with Crippen molar-refractivity contribution in [2.45, 2.75) is 13.0 Å². The molecule has 0 spiro atoms. The van der Waals surface area contributed by atoms with E-state index in [0.29, 0.717) is 25.1 Å². The number of carbonyl (C=O) groups is 1. The standard InChI is InChI=1S/C16H17FN2O/c17-15-9-5-4-6-13(15)12-18-11-10-16(20)19-14-7-2-1-3-8-14/h1-9,18H,10-12H2,(H,19,20). The molecule has 0 atom stereocenters. The summed E-state index contributed by atoms with van der Waals surface area (Å²) in [5, 5.41) is 5.86. The van der Waals surface area contributed by atoms with E-state index in [9.17, 15) is 9.18 Å². The Bertz CT molecular complexity index is 557. The van der Waals surface area contributed by atoms with Gasteiger partial charge in [-0.2, -0.15) is 0 Å². The molecule has 0 radical (unpaired) electrons. The maximum absolute atomic E-state index is 13.3. The Hall–Kier alpha value is -2.20. The molecule has 0 aromatic heterocycles. The molecule has 0 bridgehead atoms. The molecular formula is C16H17FN2O. The summed E-state index contributed by atoms with van der Waals surface area (Å²) in [4.78, 5) is 11.7. The van der Waals surface area contributed by atoms with Crippen LogP contribution in [0.15, 0.2) is 54.6 Å². The Kier molecular flexibility index (Phi) is 5.26. The predicted molar refractivity (Wildman–Crippen MR) is 77.8 cm³/mol. The Morgan fingerprint density at radius 1 is 1.00 bits per heavy atom. The van der Waals surface area contributed by atoms with Gasteiger partial charge >= 0.3 is 0 Å². The van der Waals surface area contributed by atoms with Gasteiger partial charge in [0.25, 0.3) is 0 Å². The van der Waals surface area contributed by atoms with E-state index in [1.165, 1.54) is 6.07 Å². The quantitative estimate of drug-likeness (QED) is 0.794. The van der Waals surface area contributed by atoms with Crippen LogP contribution in [0.2, 0.25) is 0 Å². The molecule has 3 nitrogen and oxygen atoms in total. The van der Waals surface area contributed by atoms with E-state index >= 15 is 0 Å². The van der Waals surface area contributed by atoms with Gasteiger partial charge in [0.15, 0.2) is 0 Å². The molecule has 2 aromatic carbocycles. The molecule has 0 aliphatic heterocycles. The molecule has 0 aliphatic carbocycles. The van der Waals surface area contributed by atoms with Gasteiger partial charge in [0, 0.05) is 30.8 Å². The lowest BCUT2D eigenvalue weighted by Crippen LogP contribution is -2.21. The van der Waals surface area contributed by atoms with Crippen molar-refractivity contribution in [3.63, 3.8) is 0 Å². The van der Waals surface area contributed by atoms with Gasteiger partial charge < -0.3 is 10.6 Å². The Labute approximate surface area is 117 Å². The number of amides is 1. The van der Waals surface area contributed by atoms with E-state index in [4.69, 9.17) is 0 Å². The summed E-state index contributed by atoms with van der Waals surface area (Å²) in [5.41, 5.74) is 1.39. The minimum absolute atomic E-state index is 0.0581. The predicted octanol–water partition coefficient (Wildman–Crippen LogP) is 2.94. The van der Waals surface area contributed by atoms with Crippen LogP contribution in [-0.2, 0) is 11.3 Å². The van der Waals surface area contributed by atoms with E-state index in [-0.39, 0.29) is 11.7 Å². The summed E-state index contributed by atoms with van der Waals surface area (Å²) >= 11 is 0. The van der Waals surface area contributed by atoms with Gasteiger partial charge in [0.2, 0.25) is 5.91 Å². The zero-order chi connectivity index (χ0) is 14.2. The number of anilines is 1. The topological polar surface area (TPSA) is 41.1 Å². The van der Waals surface area contributed by atoms with Gasteiger partial charge in [-0.15, -0.1) is 0 Å². The van der Waals surface area contributed by atoms with Gasteiger partial charge in [0.05, 0.1) is 0 Å². The highest BCUT2D eigenvalue weighted by Gasteiger charge is 2.03. The van der Waals surface area contributed by atoms with Crippen LogP contribution in [0.5, 0.6) is 0 Å². The Balaban J connectivity index is 1.69. The second kappa shape index (κ2) is 7.40. The van der Waals surface area contributed by atoms with Crippen molar-refractivity contribution in [2.24, 2.45) is 0 Å². The summed E-state index contributed by atoms with van der Waals surface area (Å²) in [5.74, 6) is -0.286. The molecule has 2 N–H and O–H groups in total. The van der Waals surface area contributed by atoms with Gasteiger partial charge in [-0.3, -0.25) is 4.79 Å². The molecule has 2 rings (SSSR count). The molecular weight excluding hydrogens is 255 g/mol. The third-order valence-electron chi connectivity index (χ3n) is 2.86. The zero-order valence-corrected chi connectivity index (χ0v) is 11.1. The average Bonchev–Trinajstić information content (AvgIpc) is 2.46. The third kappa shape index (κ3) is 4.48. The Morgan fingerprint density at radius 2 is 1.70 bits per heavy atom. The van der Waals surface area contributed by atoms with E-state index < -0.39 is 0 Å². The van der Waals surface area contributed by atoms with Crippen LogP contribution in [0.25, 0.3) is 0 Å². The van der Waals surface area contributed by atoms with Crippen LogP contribution in [0.1, 0.15) is 12.0 Å². The minimum atomic E-state index is -0.228. The smallest absolute Gasteiger partial charge is 0.225 e. The molecule has 0 heterocycles. The van der Waals surface area contributed by atoms with E-state index in [2.05, 4.69) is 10.6 Å². The van der Waals surface area contributed by atoms with Crippen LogP contribution >= 0.6 is 0 Å². The zero-order valence-electron chi connectivity index (χ0n) is 11.1. The van der Waals surface area contributed by atoms with Gasteiger partial charge in [-0.05, 0) is 18.2 Å². The number of nitrogens with one attached hydrogen (secondary N) is 2. The lowest BCUT2D eigenvalue weighted by atomic mass is 10.2. The molecule has 0 fully saturated rings. The normalized spacial score (nSPS) is 10.2. The first-order valence-corrected chi connectivity index (χ1v) is 6.55. The number of rotatable bonds is 6. The second-order valence-electron chi connectivity index (χ2n) is 4.43. The molecule has 0 saturated carbocycles. The van der Waals surface area contributed by atoms with Gasteiger partial charge in [-0.1, -0.05) is 36.4 Å². The average molecular weight is 272 g/mol. The largest absolute Gasteiger partial charge is 0.326 e. The van der Waals surface area contributed by atoms with Crippen LogP contribution in [0.4, 0.5) is 10.1 Å². The first-order valence-electron chi connectivity index (χ1n) is 6.55. The fourth-order valence-corrected chi connectivity index (χ4v) is 1.81. The molecule has 4 heteroatoms. The first-order chi connectivity index (χ1) is 9.75. The molecule has 0 unspecified atom stereocenters. The van der Waals surface area contributed by atoms with Crippen molar-refractivity contribution in [1.82, 2.24) is 5.32 Å². The molecule has 2 aromatic rings. The summed E-state index contributed by atoms with van der Waals surface area (Å²) in [6.07, 6.45) is 0.351. The van der Waals surface area contributed by atoms with Crippen molar-refractivity contribution in [1.29, 1.82) is 0 Å². The highest BCUT2D eigenvalue weighted by Crippen LogP contribution is 2.06. The van der Waals surface area contributed by atoms with Crippen LogP contribution in [0.3, 0.4) is 0 Å². The monoisotopic (exact) mass is 272 g/mol. The van der Waals surface area contributed by atoms with Crippen molar-refractivity contribution >= 4 is 11.6 Å². The number of carbonyl (C=O) groups excluding carboxylic acids is 1. The third-order valence-corrected chi connectivity index (χ3v) is 2.86. The number of hydrogen-bond donors (Lipinski definition) is 2. The summed E-state index contributed by atoms with van der Waals surface area (Å²) in [7, 11) is 0. The summed E-state index contributed by atoms with van der Waals surface area (Å²) < 4.78 is 13.3. The van der Waals surface area contributed by atoms with Gasteiger partial charge in [-0.25, -0.2) is 4.39 Å². The number of hydrogen-bond acceptors (Lipinski definition) is 2. The van der Waals surface area contributed by atoms with E-state index in [1.54, 1.807) is 18.2 Å². The minimum Gasteiger partial charge on any atom is -0.326 e. The molecule has 20 heavy (non-hydrogen) atoms. The van der Waals surface area contributed by atoms with Crippen molar-refractivity contribution in [3.8, 4) is 0 Å².